The topological polar surface area (TPSA) is 63.2 Å². The molecular formula is C12H24O6. The summed E-state index contributed by atoms with van der Waals surface area (Å²) < 4.78 is 25.2. The number of rotatable bonds is 12. The molecule has 0 unspecified atom stereocenters. The fourth-order valence-electron chi connectivity index (χ4n) is 0.997. The number of ether oxygens (including phenoxy) is 5. The molecule has 0 atom stereocenters. The lowest BCUT2D eigenvalue weighted by atomic mass is 10.5. The van der Waals surface area contributed by atoms with Crippen molar-refractivity contribution >= 4 is 5.97 Å². The summed E-state index contributed by atoms with van der Waals surface area (Å²) in [5.41, 5.74) is 0. The molecular weight excluding hydrogens is 240 g/mol. The molecule has 0 rings (SSSR count). The molecule has 6 nitrogen and oxygen atoms in total. The van der Waals surface area contributed by atoms with Crippen LogP contribution < -0.4 is 0 Å². The predicted molar refractivity (Wildman–Crippen MR) is 65.6 cm³/mol. The number of esters is 1. The van der Waals surface area contributed by atoms with E-state index in [0.717, 1.165) is 0 Å². The molecule has 0 saturated carbocycles. The predicted octanol–water partition coefficient (Wildman–Crippen LogP) is 0.634. The molecule has 0 aliphatic carbocycles. The molecule has 0 aliphatic heterocycles. The lowest BCUT2D eigenvalue weighted by Crippen LogP contribution is -2.15. The van der Waals surface area contributed by atoms with E-state index in [2.05, 4.69) is 4.74 Å². The SMILES string of the molecule is COC(=O)COCCOCCOCCOC(C)C. The summed E-state index contributed by atoms with van der Waals surface area (Å²) in [4.78, 5) is 10.7. The first-order valence-corrected chi connectivity index (χ1v) is 6.08. The summed E-state index contributed by atoms with van der Waals surface area (Å²) >= 11 is 0. The monoisotopic (exact) mass is 264 g/mol. The molecule has 0 spiro atoms. The molecule has 0 heterocycles. The van der Waals surface area contributed by atoms with Crippen LogP contribution in [0.1, 0.15) is 13.8 Å². The second-order valence-electron chi connectivity index (χ2n) is 3.77. The van der Waals surface area contributed by atoms with Gasteiger partial charge in [-0.05, 0) is 13.8 Å². The molecule has 0 aromatic heterocycles. The van der Waals surface area contributed by atoms with Gasteiger partial charge in [0.05, 0.1) is 52.9 Å². The van der Waals surface area contributed by atoms with E-state index in [0.29, 0.717) is 39.6 Å². The van der Waals surface area contributed by atoms with Gasteiger partial charge in [0, 0.05) is 0 Å². The van der Waals surface area contributed by atoms with E-state index in [4.69, 9.17) is 18.9 Å². The Morgan fingerprint density at radius 3 is 1.89 bits per heavy atom. The van der Waals surface area contributed by atoms with Gasteiger partial charge < -0.3 is 23.7 Å². The van der Waals surface area contributed by atoms with Gasteiger partial charge in [-0.25, -0.2) is 4.79 Å². The molecule has 0 radical (unpaired) electrons. The Morgan fingerprint density at radius 2 is 1.39 bits per heavy atom. The maximum absolute atomic E-state index is 10.7. The van der Waals surface area contributed by atoms with Gasteiger partial charge in [-0.3, -0.25) is 0 Å². The van der Waals surface area contributed by atoms with Gasteiger partial charge in [0.25, 0.3) is 0 Å². The molecule has 0 fully saturated rings. The highest BCUT2D eigenvalue weighted by Crippen LogP contribution is 1.87. The van der Waals surface area contributed by atoms with E-state index < -0.39 is 0 Å². The third-order valence-electron chi connectivity index (χ3n) is 1.87. The smallest absolute Gasteiger partial charge is 0.331 e. The van der Waals surface area contributed by atoms with E-state index in [-0.39, 0.29) is 18.7 Å². The van der Waals surface area contributed by atoms with E-state index in [1.807, 2.05) is 13.8 Å². The zero-order valence-corrected chi connectivity index (χ0v) is 11.5. The van der Waals surface area contributed by atoms with Crippen LogP contribution in [-0.2, 0) is 28.5 Å². The van der Waals surface area contributed by atoms with Crippen molar-refractivity contribution in [2.75, 3.05) is 53.4 Å². The number of methoxy groups -OCH3 is 1. The maximum Gasteiger partial charge on any atom is 0.331 e. The molecule has 0 aromatic carbocycles. The lowest BCUT2D eigenvalue weighted by Gasteiger charge is -2.08. The second kappa shape index (κ2) is 12.8. The zero-order chi connectivity index (χ0) is 13.6. The van der Waals surface area contributed by atoms with Crippen LogP contribution >= 0.6 is 0 Å². The maximum atomic E-state index is 10.7. The Balaban J connectivity index is 3.01. The second-order valence-corrected chi connectivity index (χ2v) is 3.77. The molecule has 0 saturated heterocycles. The van der Waals surface area contributed by atoms with E-state index in [9.17, 15) is 4.79 Å². The Bertz CT molecular complexity index is 195. The van der Waals surface area contributed by atoms with Crippen molar-refractivity contribution in [1.82, 2.24) is 0 Å². The minimum absolute atomic E-state index is 0.0388. The molecule has 0 N–H and O–H groups in total. The first-order chi connectivity index (χ1) is 8.66. The van der Waals surface area contributed by atoms with Crippen molar-refractivity contribution in [3.63, 3.8) is 0 Å². The Hall–Kier alpha value is -0.690. The Morgan fingerprint density at radius 1 is 0.889 bits per heavy atom. The summed E-state index contributed by atoms with van der Waals surface area (Å²) in [6.07, 6.45) is 0.233. The molecule has 0 aliphatic rings. The minimum atomic E-state index is -0.386. The van der Waals surface area contributed by atoms with Crippen LogP contribution in [0, 0.1) is 0 Å². The van der Waals surface area contributed by atoms with Crippen LogP contribution in [0.15, 0.2) is 0 Å². The number of hydrogen-bond acceptors (Lipinski definition) is 6. The fraction of sp³-hybridized carbons (Fsp3) is 0.917. The van der Waals surface area contributed by atoms with E-state index in [1.54, 1.807) is 0 Å². The summed E-state index contributed by atoms with van der Waals surface area (Å²) in [5.74, 6) is -0.386. The quantitative estimate of drug-likeness (QED) is 0.380. The summed E-state index contributed by atoms with van der Waals surface area (Å²) in [7, 11) is 1.32. The molecule has 0 amide bonds. The molecule has 6 heteroatoms. The van der Waals surface area contributed by atoms with Crippen LogP contribution in [0.5, 0.6) is 0 Å². The van der Waals surface area contributed by atoms with E-state index in [1.165, 1.54) is 7.11 Å². The molecule has 0 aromatic rings. The summed E-state index contributed by atoms with van der Waals surface area (Å²) in [6, 6.07) is 0. The highest BCUT2D eigenvalue weighted by atomic mass is 16.6. The van der Waals surface area contributed by atoms with Gasteiger partial charge in [-0.15, -0.1) is 0 Å². The van der Waals surface area contributed by atoms with Gasteiger partial charge in [-0.1, -0.05) is 0 Å². The fourth-order valence-corrected chi connectivity index (χ4v) is 0.997. The third-order valence-corrected chi connectivity index (χ3v) is 1.87. The highest BCUT2D eigenvalue weighted by molar-refractivity contribution is 5.70. The first kappa shape index (κ1) is 17.3. The van der Waals surface area contributed by atoms with Crippen LogP contribution in [0.4, 0.5) is 0 Å². The standard InChI is InChI=1S/C12H24O6/c1-11(2)18-9-8-16-5-4-15-6-7-17-10-12(13)14-3/h11H,4-10H2,1-3H3. The first-order valence-electron chi connectivity index (χ1n) is 6.08. The van der Waals surface area contributed by atoms with Crippen molar-refractivity contribution in [2.24, 2.45) is 0 Å². The molecule has 108 valence electrons. The Kier molecular flexibility index (Phi) is 12.3. The number of carbonyl (C=O) groups excluding carboxylic acids is 1. The Labute approximate surface area is 108 Å². The molecule has 18 heavy (non-hydrogen) atoms. The average Bonchev–Trinajstić information content (AvgIpc) is 2.35. The van der Waals surface area contributed by atoms with Crippen molar-refractivity contribution in [3.8, 4) is 0 Å². The minimum Gasteiger partial charge on any atom is -0.467 e. The van der Waals surface area contributed by atoms with Gasteiger partial charge in [0.1, 0.15) is 6.61 Å². The van der Waals surface area contributed by atoms with Crippen LogP contribution in [-0.4, -0.2) is 65.4 Å². The van der Waals surface area contributed by atoms with Crippen LogP contribution in [0.2, 0.25) is 0 Å². The van der Waals surface area contributed by atoms with Gasteiger partial charge in [0.15, 0.2) is 0 Å². The van der Waals surface area contributed by atoms with Gasteiger partial charge in [0.2, 0.25) is 0 Å². The van der Waals surface area contributed by atoms with Gasteiger partial charge in [-0.2, -0.15) is 0 Å². The largest absolute Gasteiger partial charge is 0.467 e. The normalized spacial score (nSPS) is 10.9. The number of carbonyl (C=O) groups is 1. The summed E-state index contributed by atoms with van der Waals surface area (Å²) in [5, 5.41) is 0. The summed E-state index contributed by atoms with van der Waals surface area (Å²) in [6.45, 7) is 6.92. The van der Waals surface area contributed by atoms with Crippen molar-refractivity contribution in [1.29, 1.82) is 0 Å². The van der Waals surface area contributed by atoms with Gasteiger partial charge >= 0.3 is 5.97 Å². The zero-order valence-electron chi connectivity index (χ0n) is 11.5. The van der Waals surface area contributed by atoms with Crippen molar-refractivity contribution in [2.45, 2.75) is 20.0 Å². The highest BCUT2D eigenvalue weighted by Gasteiger charge is 1.98. The van der Waals surface area contributed by atoms with E-state index >= 15 is 0 Å². The third kappa shape index (κ3) is 13.4. The van der Waals surface area contributed by atoms with Crippen LogP contribution in [0.25, 0.3) is 0 Å². The average molecular weight is 264 g/mol. The van der Waals surface area contributed by atoms with Crippen molar-refractivity contribution < 1.29 is 28.5 Å². The molecule has 0 bridgehead atoms. The van der Waals surface area contributed by atoms with Crippen LogP contribution in [0.3, 0.4) is 0 Å². The lowest BCUT2D eigenvalue weighted by molar-refractivity contribution is -0.146. The number of hydrogen-bond donors (Lipinski definition) is 0. The van der Waals surface area contributed by atoms with Crippen molar-refractivity contribution in [3.05, 3.63) is 0 Å².